The first-order chi connectivity index (χ1) is 5.77. The number of nitrogens with zero attached hydrogens (tertiary/aromatic N) is 2. The molecule has 2 aromatic rings. The topological polar surface area (TPSA) is 73.2 Å². The third kappa shape index (κ3) is 1.06. The van der Waals surface area contributed by atoms with E-state index >= 15 is 0 Å². The Morgan fingerprint density at radius 2 is 2.25 bits per heavy atom. The molecule has 3 N–H and O–H groups in total. The summed E-state index contributed by atoms with van der Waals surface area (Å²) in [6.45, 7) is 1.92. The van der Waals surface area contributed by atoms with Crippen molar-refractivity contribution in [2.24, 2.45) is 0 Å². The minimum atomic E-state index is 0.450. The zero-order valence-corrected chi connectivity index (χ0v) is 7.20. The highest BCUT2D eigenvalue weighted by atomic mass is 32.1. The predicted molar refractivity (Wildman–Crippen MR) is 46.1 cm³/mol. The average molecular weight is 181 g/mol. The molecule has 0 bridgehead atoms. The molecule has 2 rings (SSSR count). The normalized spacial score (nSPS) is 10.4. The number of nitrogens with one attached hydrogen (secondary N) is 3. The van der Waals surface area contributed by atoms with Crippen molar-refractivity contribution in [3.8, 4) is 11.4 Å². The lowest BCUT2D eigenvalue weighted by atomic mass is 10.2. The fraction of sp³-hybridized carbons (Fsp3) is 0.167. The third-order valence-electron chi connectivity index (χ3n) is 1.59. The van der Waals surface area contributed by atoms with Gasteiger partial charge in [-0.3, -0.25) is 15.3 Å². The monoisotopic (exact) mass is 181 g/mol. The fourth-order valence-corrected chi connectivity index (χ4v) is 1.13. The highest BCUT2D eigenvalue weighted by Crippen LogP contribution is 2.15. The van der Waals surface area contributed by atoms with Gasteiger partial charge in [0.2, 0.25) is 4.77 Å². The van der Waals surface area contributed by atoms with Gasteiger partial charge in [0.15, 0.2) is 5.82 Å². The zero-order valence-electron chi connectivity index (χ0n) is 6.38. The molecule has 0 saturated heterocycles. The molecule has 6 heteroatoms. The van der Waals surface area contributed by atoms with E-state index in [-0.39, 0.29) is 0 Å². The second-order valence-corrected chi connectivity index (χ2v) is 2.81. The SMILES string of the molecule is Cc1[nH]ncc1-c1nc(=S)[nH][nH]1. The minimum absolute atomic E-state index is 0.450. The number of hydrogen-bond donors (Lipinski definition) is 3. The maximum Gasteiger partial charge on any atom is 0.213 e. The van der Waals surface area contributed by atoms with Crippen LogP contribution in [0.25, 0.3) is 11.4 Å². The quantitative estimate of drug-likeness (QED) is 0.578. The van der Waals surface area contributed by atoms with Crippen LogP contribution < -0.4 is 0 Å². The number of aromatic nitrogens is 5. The number of rotatable bonds is 1. The smallest absolute Gasteiger partial charge is 0.213 e. The Labute approximate surface area is 73.2 Å². The van der Waals surface area contributed by atoms with E-state index < -0.39 is 0 Å². The van der Waals surface area contributed by atoms with E-state index in [0.717, 1.165) is 11.3 Å². The van der Waals surface area contributed by atoms with Crippen LogP contribution in [0.15, 0.2) is 6.20 Å². The molecule has 0 aliphatic rings. The Balaban J connectivity index is 2.57. The molecule has 0 aliphatic heterocycles. The van der Waals surface area contributed by atoms with Gasteiger partial charge in [0.25, 0.3) is 0 Å². The van der Waals surface area contributed by atoms with Crippen molar-refractivity contribution in [1.29, 1.82) is 0 Å². The van der Waals surface area contributed by atoms with E-state index in [0.29, 0.717) is 10.6 Å². The summed E-state index contributed by atoms with van der Waals surface area (Å²) in [5.74, 6) is 0.714. The summed E-state index contributed by atoms with van der Waals surface area (Å²) < 4.78 is 0.450. The summed E-state index contributed by atoms with van der Waals surface area (Å²) in [5.41, 5.74) is 1.90. The Morgan fingerprint density at radius 1 is 1.42 bits per heavy atom. The van der Waals surface area contributed by atoms with E-state index in [2.05, 4.69) is 25.4 Å². The maximum absolute atomic E-state index is 4.82. The molecule has 0 radical (unpaired) electrons. The largest absolute Gasteiger partial charge is 0.282 e. The highest BCUT2D eigenvalue weighted by molar-refractivity contribution is 7.71. The third-order valence-corrected chi connectivity index (χ3v) is 1.78. The van der Waals surface area contributed by atoms with Gasteiger partial charge in [-0.15, -0.1) is 0 Å². The van der Waals surface area contributed by atoms with E-state index in [1.807, 2.05) is 6.92 Å². The number of hydrogen-bond acceptors (Lipinski definition) is 3. The Morgan fingerprint density at radius 3 is 2.75 bits per heavy atom. The number of aryl methyl sites for hydroxylation is 1. The van der Waals surface area contributed by atoms with Crippen molar-refractivity contribution >= 4 is 12.2 Å². The summed E-state index contributed by atoms with van der Waals surface area (Å²) in [7, 11) is 0. The number of aromatic amines is 3. The molecule has 2 aromatic heterocycles. The second kappa shape index (κ2) is 2.56. The van der Waals surface area contributed by atoms with Crippen LogP contribution in [0.4, 0.5) is 0 Å². The average Bonchev–Trinajstić information content (AvgIpc) is 2.58. The van der Waals surface area contributed by atoms with Gasteiger partial charge in [0, 0.05) is 5.69 Å². The highest BCUT2D eigenvalue weighted by Gasteiger charge is 2.05. The van der Waals surface area contributed by atoms with E-state index in [9.17, 15) is 0 Å². The molecule has 0 aromatic carbocycles. The van der Waals surface area contributed by atoms with Crippen molar-refractivity contribution in [2.45, 2.75) is 6.92 Å². The molecule has 0 aliphatic carbocycles. The fourth-order valence-electron chi connectivity index (χ4n) is 0.987. The molecule has 12 heavy (non-hydrogen) atoms. The molecule has 0 fully saturated rings. The summed E-state index contributed by atoms with van der Waals surface area (Å²) in [6.07, 6.45) is 1.71. The van der Waals surface area contributed by atoms with Crippen molar-refractivity contribution < 1.29 is 0 Å². The lowest BCUT2D eigenvalue weighted by Gasteiger charge is -1.89. The first-order valence-electron chi connectivity index (χ1n) is 3.42. The van der Waals surface area contributed by atoms with Gasteiger partial charge >= 0.3 is 0 Å². The second-order valence-electron chi connectivity index (χ2n) is 2.42. The van der Waals surface area contributed by atoms with E-state index in [4.69, 9.17) is 12.2 Å². The van der Waals surface area contributed by atoms with Crippen LogP contribution in [0.5, 0.6) is 0 Å². The summed E-state index contributed by atoms with van der Waals surface area (Å²) in [5, 5.41) is 12.3. The summed E-state index contributed by atoms with van der Waals surface area (Å²) in [4.78, 5) is 4.06. The van der Waals surface area contributed by atoms with Crippen LogP contribution in [0, 0.1) is 11.7 Å². The maximum atomic E-state index is 4.82. The van der Waals surface area contributed by atoms with Crippen LogP contribution in [-0.4, -0.2) is 25.4 Å². The van der Waals surface area contributed by atoms with E-state index in [1.54, 1.807) is 6.20 Å². The predicted octanol–water partition coefficient (Wildman–Crippen LogP) is 1.17. The zero-order chi connectivity index (χ0) is 8.55. The number of H-pyrrole nitrogens is 3. The summed E-state index contributed by atoms with van der Waals surface area (Å²) >= 11 is 4.82. The van der Waals surface area contributed by atoms with E-state index in [1.165, 1.54) is 0 Å². The van der Waals surface area contributed by atoms with Crippen molar-refractivity contribution in [3.05, 3.63) is 16.7 Å². The lowest BCUT2D eigenvalue weighted by molar-refractivity contribution is 1.05. The Hall–Kier alpha value is -1.43. The van der Waals surface area contributed by atoms with Crippen LogP contribution in [0.3, 0.4) is 0 Å². The molecule has 0 saturated carbocycles. The van der Waals surface area contributed by atoms with Gasteiger partial charge in [0.05, 0.1) is 11.8 Å². The van der Waals surface area contributed by atoms with Gasteiger partial charge in [-0.05, 0) is 19.1 Å². The molecule has 0 spiro atoms. The summed E-state index contributed by atoms with van der Waals surface area (Å²) in [6, 6.07) is 0. The molecule has 0 amide bonds. The molecule has 2 heterocycles. The minimum Gasteiger partial charge on any atom is -0.282 e. The molecule has 0 unspecified atom stereocenters. The standard InChI is InChI=1S/C6H7N5S/c1-3-4(2-7-9-3)5-8-6(12)11-10-5/h2H,1H3,(H,7,9)(H2,8,10,11,12). The van der Waals surface area contributed by atoms with Crippen molar-refractivity contribution in [3.63, 3.8) is 0 Å². The molecular formula is C6H7N5S. The first-order valence-corrected chi connectivity index (χ1v) is 3.83. The van der Waals surface area contributed by atoms with Crippen LogP contribution in [-0.2, 0) is 0 Å². The van der Waals surface area contributed by atoms with Crippen molar-refractivity contribution in [2.75, 3.05) is 0 Å². The van der Waals surface area contributed by atoms with Gasteiger partial charge < -0.3 is 0 Å². The molecule has 0 atom stereocenters. The van der Waals surface area contributed by atoms with Gasteiger partial charge in [-0.2, -0.15) is 10.1 Å². The van der Waals surface area contributed by atoms with Crippen LogP contribution >= 0.6 is 12.2 Å². The van der Waals surface area contributed by atoms with Gasteiger partial charge in [-0.25, -0.2) is 0 Å². The molecular weight excluding hydrogens is 174 g/mol. The molecule has 5 nitrogen and oxygen atoms in total. The first kappa shape index (κ1) is 7.23. The Kier molecular flexibility index (Phi) is 1.54. The Bertz CT molecular complexity index is 436. The van der Waals surface area contributed by atoms with Crippen molar-refractivity contribution in [1.82, 2.24) is 25.4 Å². The van der Waals surface area contributed by atoms with Gasteiger partial charge in [0.1, 0.15) is 0 Å². The lowest BCUT2D eigenvalue weighted by Crippen LogP contribution is -1.80. The van der Waals surface area contributed by atoms with Crippen LogP contribution in [0.1, 0.15) is 5.69 Å². The molecule has 62 valence electrons. The van der Waals surface area contributed by atoms with Crippen LogP contribution in [0.2, 0.25) is 0 Å². The van der Waals surface area contributed by atoms with Gasteiger partial charge in [-0.1, -0.05) is 0 Å².